The molecule has 0 bridgehead atoms. The molecular formula is C27H28Cl2N4O6S. The molecular weight excluding hydrogens is 579 g/mol. The van der Waals surface area contributed by atoms with Crippen LogP contribution in [0.4, 0.5) is 0 Å². The number of amides is 2. The second kappa shape index (κ2) is 13.4. The van der Waals surface area contributed by atoms with Crippen molar-refractivity contribution in [3.63, 3.8) is 0 Å². The van der Waals surface area contributed by atoms with E-state index in [-0.39, 0.29) is 36.4 Å². The number of nitrogens with zero attached hydrogens (tertiary/aromatic N) is 2. The molecule has 1 atom stereocenters. The molecule has 1 aromatic heterocycles. The Morgan fingerprint density at radius 2 is 1.85 bits per heavy atom. The minimum Gasteiger partial charge on any atom is -0.459 e. The summed E-state index contributed by atoms with van der Waals surface area (Å²) >= 11 is 12.3. The van der Waals surface area contributed by atoms with Crippen LogP contribution in [-0.4, -0.2) is 50.0 Å². The van der Waals surface area contributed by atoms with E-state index in [0.717, 1.165) is 18.4 Å². The number of nitrogens with one attached hydrogen (secondary N) is 2. The lowest BCUT2D eigenvalue weighted by Crippen LogP contribution is -2.41. The molecule has 2 N–H and O–H groups in total. The van der Waals surface area contributed by atoms with E-state index in [9.17, 15) is 18.0 Å². The van der Waals surface area contributed by atoms with Gasteiger partial charge in [-0.3, -0.25) is 9.59 Å². The number of rotatable bonds is 10. The van der Waals surface area contributed by atoms with Crippen molar-refractivity contribution in [2.45, 2.75) is 43.9 Å². The molecule has 13 heteroatoms. The van der Waals surface area contributed by atoms with Gasteiger partial charge in [-0.05, 0) is 61.7 Å². The Hall–Kier alpha value is -3.22. The SMILES string of the molecule is Cc1ccc(S(=O)(=O)N(Cc2ccc(/C=N/NC(=O)C(=O)NC[C@H]3CCCO3)o2)Cc2ccc(Cl)cc2Cl)cc1. The van der Waals surface area contributed by atoms with Gasteiger partial charge in [-0.15, -0.1) is 0 Å². The molecule has 0 unspecified atom stereocenters. The molecule has 10 nitrogen and oxygen atoms in total. The van der Waals surface area contributed by atoms with Gasteiger partial charge in [-0.1, -0.05) is 47.0 Å². The van der Waals surface area contributed by atoms with Gasteiger partial charge in [0.2, 0.25) is 10.0 Å². The standard InChI is InChI=1S/C27H28Cl2N4O6S/c1-18-4-10-24(11-5-18)40(36,37)33(16-19-6-7-20(28)13-25(19)29)17-23-9-8-22(39-23)15-31-32-27(35)26(34)30-14-21-3-2-12-38-21/h4-11,13,15,21H,2-3,12,14,16-17H2,1H3,(H,30,34)(H,32,35)/b31-15+/t21-/m1/s1. The minimum absolute atomic E-state index is 0.0343. The van der Waals surface area contributed by atoms with Crippen LogP contribution in [0.15, 0.2) is 69.0 Å². The number of benzene rings is 2. The first-order chi connectivity index (χ1) is 19.1. The summed E-state index contributed by atoms with van der Waals surface area (Å²) in [5, 5.41) is 7.03. The second-order valence-corrected chi connectivity index (χ2v) is 12.0. The minimum atomic E-state index is -3.94. The molecule has 212 valence electrons. The zero-order chi connectivity index (χ0) is 28.7. The second-order valence-electron chi connectivity index (χ2n) is 9.17. The van der Waals surface area contributed by atoms with Gasteiger partial charge >= 0.3 is 11.8 Å². The zero-order valence-electron chi connectivity index (χ0n) is 21.6. The molecule has 0 spiro atoms. The van der Waals surface area contributed by atoms with E-state index in [0.29, 0.717) is 28.0 Å². The molecule has 1 saturated heterocycles. The number of aryl methyl sites for hydroxylation is 1. The summed E-state index contributed by atoms with van der Waals surface area (Å²) in [7, 11) is -3.94. The largest absolute Gasteiger partial charge is 0.459 e. The lowest BCUT2D eigenvalue weighted by Gasteiger charge is -2.22. The predicted molar refractivity (Wildman–Crippen MR) is 151 cm³/mol. The fourth-order valence-corrected chi connectivity index (χ4v) is 5.80. The average molecular weight is 608 g/mol. The van der Waals surface area contributed by atoms with E-state index in [1.54, 1.807) is 54.6 Å². The Morgan fingerprint density at radius 3 is 2.55 bits per heavy atom. The van der Waals surface area contributed by atoms with Crippen molar-refractivity contribution in [2.24, 2.45) is 5.10 Å². The molecule has 1 aliphatic rings. The van der Waals surface area contributed by atoms with Crippen LogP contribution in [0.2, 0.25) is 10.0 Å². The molecule has 1 fully saturated rings. The lowest BCUT2D eigenvalue weighted by atomic mass is 10.2. The summed E-state index contributed by atoms with van der Waals surface area (Å²) in [4.78, 5) is 24.0. The lowest BCUT2D eigenvalue weighted by molar-refractivity contribution is -0.139. The number of hydrazone groups is 1. The molecule has 0 radical (unpaired) electrons. The van der Waals surface area contributed by atoms with Crippen LogP contribution in [0.3, 0.4) is 0 Å². The molecule has 0 saturated carbocycles. The number of carbonyl (C=O) groups is 2. The monoisotopic (exact) mass is 606 g/mol. The first-order valence-electron chi connectivity index (χ1n) is 12.4. The maximum Gasteiger partial charge on any atom is 0.329 e. The van der Waals surface area contributed by atoms with Crippen molar-refractivity contribution in [3.05, 3.63) is 87.3 Å². The van der Waals surface area contributed by atoms with Crippen LogP contribution in [0.5, 0.6) is 0 Å². The fourth-order valence-electron chi connectivity index (χ4n) is 3.95. The zero-order valence-corrected chi connectivity index (χ0v) is 23.9. The number of furan rings is 1. The van der Waals surface area contributed by atoms with Crippen molar-refractivity contribution in [1.29, 1.82) is 0 Å². The quantitative estimate of drug-likeness (QED) is 0.203. The molecule has 2 amide bonds. The highest BCUT2D eigenvalue weighted by Gasteiger charge is 2.27. The van der Waals surface area contributed by atoms with Gasteiger partial charge in [0, 0.05) is 29.7 Å². The Bertz CT molecular complexity index is 1480. The van der Waals surface area contributed by atoms with Crippen LogP contribution in [-0.2, 0) is 37.4 Å². The van der Waals surface area contributed by atoms with Gasteiger partial charge in [-0.25, -0.2) is 13.8 Å². The molecule has 4 rings (SSSR count). The number of ether oxygens (including phenoxy) is 1. The molecule has 3 aromatic rings. The predicted octanol–water partition coefficient (Wildman–Crippen LogP) is 4.03. The average Bonchev–Trinajstić information content (AvgIpc) is 3.61. The van der Waals surface area contributed by atoms with Crippen molar-refractivity contribution in [3.8, 4) is 0 Å². The van der Waals surface area contributed by atoms with Gasteiger partial charge in [-0.2, -0.15) is 9.41 Å². The molecule has 40 heavy (non-hydrogen) atoms. The highest BCUT2D eigenvalue weighted by Crippen LogP contribution is 2.27. The van der Waals surface area contributed by atoms with E-state index in [4.69, 9.17) is 32.4 Å². The molecule has 0 aliphatic carbocycles. The molecule has 1 aliphatic heterocycles. The van der Waals surface area contributed by atoms with Gasteiger partial charge in [0.05, 0.1) is 23.8 Å². The van der Waals surface area contributed by atoms with Crippen molar-refractivity contribution in [1.82, 2.24) is 15.0 Å². The Labute approximate surface area is 242 Å². The summed E-state index contributed by atoms with van der Waals surface area (Å²) in [5.41, 5.74) is 3.63. The molecule has 2 aromatic carbocycles. The highest BCUT2D eigenvalue weighted by atomic mass is 35.5. The number of halogens is 2. The van der Waals surface area contributed by atoms with Gasteiger partial charge in [0.1, 0.15) is 11.5 Å². The fraction of sp³-hybridized carbons (Fsp3) is 0.296. The summed E-state index contributed by atoms with van der Waals surface area (Å²) < 4.78 is 39.5. The van der Waals surface area contributed by atoms with Gasteiger partial charge < -0.3 is 14.5 Å². The van der Waals surface area contributed by atoms with Crippen molar-refractivity contribution >= 4 is 51.3 Å². The van der Waals surface area contributed by atoms with E-state index in [2.05, 4.69) is 15.8 Å². The van der Waals surface area contributed by atoms with E-state index < -0.39 is 21.8 Å². The van der Waals surface area contributed by atoms with Gasteiger partial charge in [0.15, 0.2) is 0 Å². The third kappa shape index (κ3) is 7.92. The summed E-state index contributed by atoms with van der Waals surface area (Å²) in [6, 6.07) is 14.5. The summed E-state index contributed by atoms with van der Waals surface area (Å²) in [6.45, 7) is 2.62. The number of hydrogen-bond acceptors (Lipinski definition) is 7. The van der Waals surface area contributed by atoms with Crippen LogP contribution in [0, 0.1) is 6.92 Å². The Balaban J connectivity index is 1.43. The van der Waals surface area contributed by atoms with Gasteiger partial charge in [0.25, 0.3) is 0 Å². The maximum absolute atomic E-state index is 13.6. The van der Waals surface area contributed by atoms with Crippen LogP contribution in [0.1, 0.15) is 35.5 Å². The first-order valence-corrected chi connectivity index (χ1v) is 14.6. The van der Waals surface area contributed by atoms with E-state index in [1.807, 2.05) is 6.92 Å². The number of hydrogen-bond donors (Lipinski definition) is 2. The normalized spacial score (nSPS) is 15.6. The Kier molecular flexibility index (Phi) is 9.99. The summed E-state index contributed by atoms with van der Waals surface area (Å²) in [6.07, 6.45) is 2.88. The smallest absolute Gasteiger partial charge is 0.329 e. The number of carbonyl (C=O) groups excluding carboxylic acids is 2. The molecule has 2 heterocycles. The van der Waals surface area contributed by atoms with Crippen LogP contribution < -0.4 is 10.7 Å². The van der Waals surface area contributed by atoms with E-state index in [1.165, 1.54) is 10.5 Å². The topological polar surface area (TPSA) is 130 Å². The van der Waals surface area contributed by atoms with Crippen LogP contribution in [0.25, 0.3) is 0 Å². The van der Waals surface area contributed by atoms with Crippen molar-refractivity contribution < 1.29 is 27.2 Å². The third-order valence-corrected chi connectivity index (χ3v) is 8.51. The van der Waals surface area contributed by atoms with E-state index >= 15 is 0 Å². The third-order valence-electron chi connectivity index (χ3n) is 6.11. The Morgan fingerprint density at radius 1 is 1.07 bits per heavy atom. The summed E-state index contributed by atoms with van der Waals surface area (Å²) in [5.74, 6) is -1.20. The van der Waals surface area contributed by atoms with Crippen molar-refractivity contribution in [2.75, 3.05) is 13.2 Å². The first kappa shape index (κ1) is 29.8. The maximum atomic E-state index is 13.6. The van der Waals surface area contributed by atoms with Crippen LogP contribution >= 0.6 is 23.2 Å². The highest BCUT2D eigenvalue weighted by molar-refractivity contribution is 7.89. The number of sulfonamides is 1.